The third kappa shape index (κ3) is 4.28. The summed E-state index contributed by atoms with van der Waals surface area (Å²) in [6.07, 6.45) is 1.39. The van der Waals surface area contributed by atoms with E-state index in [9.17, 15) is 4.79 Å². The lowest BCUT2D eigenvalue weighted by molar-refractivity contribution is -0.124. The van der Waals surface area contributed by atoms with Crippen molar-refractivity contribution in [2.24, 2.45) is 0 Å². The van der Waals surface area contributed by atoms with E-state index in [-0.39, 0.29) is 12.0 Å². The number of benzene rings is 1. The molecule has 0 saturated carbocycles. The Morgan fingerprint density at radius 3 is 2.95 bits per heavy atom. The fourth-order valence-corrected chi connectivity index (χ4v) is 3.95. The maximum Gasteiger partial charge on any atom is 0.255 e. The van der Waals surface area contributed by atoms with Crippen LogP contribution in [-0.2, 0) is 21.0 Å². The van der Waals surface area contributed by atoms with Gasteiger partial charge in [-0.25, -0.2) is 0 Å². The van der Waals surface area contributed by atoms with Crippen molar-refractivity contribution < 1.29 is 9.53 Å². The van der Waals surface area contributed by atoms with E-state index in [1.165, 1.54) is 16.9 Å². The summed E-state index contributed by atoms with van der Waals surface area (Å²) in [7, 11) is 0. The largest absolute Gasteiger partial charge is 0.368 e. The van der Waals surface area contributed by atoms with E-state index in [0.29, 0.717) is 11.7 Å². The van der Waals surface area contributed by atoms with Gasteiger partial charge in [0.2, 0.25) is 5.13 Å². The van der Waals surface area contributed by atoms with Gasteiger partial charge in [-0.3, -0.25) is 10.1 Å². The Hall–Kier alpha value is -1.44. The molecule has 2 aromatic rings. The normalized spacial score (nSPS) is 17.5. The number of carbonyl (C=O) groups is 1. The summed E-state index contributed by atoms with van der Waals surface area (Å²) in [5.74, 6) is 1.62. The van der Waals surface area contributed by atoms with Crippen molar-refractivity contribution in [1.82, 2.24) is 10.2 Å². The SMILES string of the molecule is O=C(Nc1nnc(CSCc2ccccc2)s1)[C@@H]1CCCO1. The average molecular weight is 335 g/mol. The summed E-state index contributed by atoms with van der Waals surface area (Å²) in [6.45, 7) is 0.662. The summed E-state index contributed by atoms with van der Waals surface area (Å²) < 4.78 is 5.35. The number of carbonyl (C=O) groups excluding carboxylic acids is 1. The van der Waals surface area contributed by atoms with Crippen LogP contribution in [0.2, 0.25) is 0 Å². The lowest BCUT2D eigenvalue weighted by atomic mass is 10.2. The second-order valence-electron chi connectivity index (χ2n) is 4.97. The molecule has 1 amide bonds. The zero-order chi connectivity index (χ0) is 15.2. The first-order chi connectivity index (χ1) is 10.8. The quantitative estimate of drug-likeness (QED) is 0.879. The van der Waals surface area contributed by atoms with Crippen LogP contribution < -0.4 is 5.32 Å². The third-order valence-corrected chi connectivity index (χ3v) is 5.29. The van der Waals surface area contributed by atoms with Crippen molar-refractivity contribution in [3.05, 3.63) is 40.9 Å². The molecule has 1 saturated heterocycles. The van der Waals surface area contributed by atoms with Gasteiger partial charge in [0, 0.05) is 18.1 Å². The van der Waals surface area contributed by atoms with Crippen molar-refractivity contribution in [2.75, 3.05) is 11.9 Å². The first-order valence-electron chi connectivity index (χ1n) is 7.18. The Labute approximate surface area is 137 Å². The van der Waals surface area contributed by atoms with Crippen molar-refractivity contribution in [3.8, 4) is 0 Å². The molecule has 1 aromatic carbocycles. The topological polar surface area (TPSA) is 64.1 Å². The number of hydrogen-bond donors (Lipinski definition) is 1. The number of hydrogen-bond acceptors (Lipinski definition) is 6. The minimum Gasteiger partial charge on any atom is -0.368 e. The van der Waals surface area contributed by atoms with E-state index in [1.54, 1.807) is 11.8 Å². The maximum absolute atomic E-state index is 11.9. The molecule has 22 heavy (non-hydrogen) atoms. The molecule has 1 aromatic heterocycles. The van der Waals surface area contributed by atoms with Crippen LogP contribution in [0.5, 0.6) is 0 Å². The molecule has 3 rings (SSSR count). The number of rotatable bonds is 6. The molecular formula is C15H17N3O2S2. The Bertz CT molecular complexity index is 612. The molecule has 1 fully saturated rings. The van der Waals surface area contributed by atoms with E-state index in [1.807, 2.05) is 18.2 Å². The van der Waals surface area contributed by atoms with Crippen LogP contribution in [0.1, 0.15) is 23.4 Å². The Morgan fingerprint density at radius 2 is 2.18 bits per heavy atom. The Balaban J connectivity index is 1.45. The fraction of sp³-hybridized carbons (Fsp3) is 0.400. The standard InChI is InChI=1S/C15H17N3O2S2/c19-14(12-7-4-8-20-12)16-15-18-17-13(22-15)10-21-9-11-5-2-1-3-6-11/h1-3,5-6,12H,4,7-10H2,(H,16,18,19)/t12-/m0/s1. The molecule has 1 aliphatic heterocycles. The number of nitrogens with one attached hydrogen (secondary N) is 1. The molecule has 0 unspecified atom stereocenters. The third-order valence-electron chi connectivity index (χ3n) is 3.26. The van der Waals surface area contributed by atoms with E-state index in [4.69, 9.17) is 4.74 Å². The highest BCUT2D eigenvalue weighted by atomic mass is 32.2. The van der Waals surface area contributed by atoms with Crippen molar-refractivity contribution >= 4 is 34.1 Å². The minimum absolute atomic E-state index is 0.114. The molecule has 1 N–H and O–H groups in total. The molecule has 0 radical (unpaired) electrons. The fourth-order valence-electron chi connectivity index (χ4n) is 2.16. The predicted molar refractivity (Wildman–Crippen MR) is 89.0 cm³/mol. The van der Waals surface area contributed by atoms with E-state index < -0.39 is 0 Å². The van der Waals surface area contributed by atoms with Gasteiger partial charge in [-0.05, 0) is 18.4 Å². The highest BCUT2D eigenvalue weighted by Gasteiger charge is 2.24. The smallest absolute Gasteiger partial charge is 0.255 e. The molecule has 0 bridgehead atoms. The molecule has 2 heterocycles. The number of aromatic nitrogens is 2. The van der Waals surface area contributed by atoms with Gasteiger partial charge in [-0.15, -0.1) is 22.0 Å². The predicted octanol–water partition coefficient (Wildman–Crippen LogP) is 3.09. The molecule has 0 aliphatic carbocycles. The van der Waals surface area contributed by atoms with Crippen LogP contribution in [0.25, 0.3) is 0 Å². The Morgan fingerprint density at radius 1 is 1.32 bits per heavy atom. The van der Waals surface area contributed by atoms with Gasteiger partial charge in [-0.1, -0.05) is 41.7 Å². The van der Waals surface area contributed by atoms with Gasteiger partial charge in [0.05, 0.1) is 0 Å². The molecule has 1 atom stereocenters. The highest BCUT2D eigenvalue weighted by molar-refractivity contribution is 7.97. The summed E-state index contributed by atoms with van der Waals surface area (Å²) in [6, 6.07) is 10.3. The zero-order valence-electron chi connectivity index (χ0n) is 12.0. The average Bonchev–Trinajstić information content (AvgIpc) is 3.20. The number of nitrogens with zero attached hydrogens (tertiary/aromatic N) is 2. The van der Waals surface area contributed by atoms with Crippen LogP contribution in [0, 0.1) is 0 Å². The lowest BCUT2D eigenvalue weighted by Crippen LogP contribution is -2.26. The van der Waals surface area contributed by atoms with E-state index in [0.717, 1.165) is 29.4 Å². The zero-order valence-corrected chi connectivity index (χ0v) is 13.7. The van der Waals surface area contributed by atoms with Gasteiger partial charge in [0.25, 0.3) is 5.91 Å². The summed E-state index contributed by atoms with van der Waals surface area (Å²) >= 11 is 3.21. The number of thioether (sulfide) groups is 1. The number of amides is 1. The van der Waals surface area contributed by atoms with Gasteiger partial charge in [-0.2, -0.15) is 0 Å². The monoisotopic (exact) mass is 335 g/mol. The van der Waals surface area contributed by atoms with Crippen LogP contribution in [0.3, 0.4) is 0 Å². The summed E-state index contributed by atoms with van der Waals surface area (Å²) in [4.78, 5) is 11.9. The van der Waals surface area contributed by atoms with E-state index >= 15 is 0 Å². The van der Waals surface area contributed by atoms with Crippen molar-refractivity contribution in [2.45, 2.75) is 30.5 Å². The van der Waals surface area contributed by atoms with E-state index in [2.05, 4.69) is 27.6 Å². The van der Waals surface area contributed by atoms with Crippen LogP contribution in [0.4, 0.5) is 5.13 Å². The Kier molecular flexibility index (Phi) is 5.42. The molecule has 0 spiro atoms. The van der Waals surface area contributed by atoms with Crippen molar-refractivity contribution in [1.29, 1.82) is 0 Å². The maximum atomic E-state index is 11.9. The lowest BCUT2D eigenvalue weighted by Gasteiger charge is -2.06. The molecular weight excluding hydrogens is 318 g/mol. The van der Waals surface area contributed by atoms with Gasteiger partial charge in [0.1, 0.15) is 11.1 Å². The molecule has 5 nitrogen and oxygen atoms in total. The van der Waals surface area contributed by atoms with Crippen molar-refractivity contribution in [3.63, 3.8) is 0 Å². The van der Waals surface area contributed by atoms with Crippen LogP contribution >= 0.6 is 23.1 Å². The van der Waals surface area contributed by atoms with Gasteiger partial charge in [0.15, 0.2) is 0 Å². The molecule has 7 heteroatoms. The molecule has 116 valence electrons. The minimum atomic E-state index is -0.334. The molecule has 1 aliphatic rings. The van der Waals surface area contributed by atoms with Crippen LogP contribution in [0.15, 0.2) is 30.3 Å². The highest BCUT2D eigenvalue weighted by Crippen LogP contribution is 2.23. The number of ether oxygens (including phenoxy) is 1. The second kappa shape index (κ2) is 7.71. The van der Waals surface area contributed by atoms with Gasteiger partial charge >= 0.3 is 0 Å². The summed E-state index contributed by atoms with van der Waals surface area (Å²) in [5, 5.41) is 12.4. The first kappa shape index (κ1) is 15.5. The second-order valence-corrected chi connectivity index (χ2v) is 7.02. The first-order valence-corrected chi connectivity index (χ1v) is 9.15. The number of anilines is 1. The van der Waals surface area contributed by atoms with Crippen LogP contribution in [-0.4, -0.2) is 28.8 Å². The summed E-state index contributed by atoms with van der Waals surface area (Å²) in [5.41, 5.74) is 1.30. The van der Waals surface area contributed by atoms with Gasteiger partial charge < -0.3 is 4.74 Å².